The van der Waals surface area contributed by atoms with Gasteiger partial charge in [0, 0.05) is 6.54 Å². The monoisotopic (exact) mass is 253 g/mol. The molecule has 0 bridgehead atoms. The quantitative estimate of drug-likeness (QED) is 0.704. The molecule has 7 nitrogen and oxygen atoms in total. The Morgan fingerprint density at radius 3 is 2.67 bits per heavy atom. The van der Waals surface area contributed by atoms with E-state index in [4.69, 9.17) is 10.5 Å². The zero-order chi connectivity index (χ0) is 13.2. The maximum absolute atomic E-state index is 9.96. The summed E-state index contributed by atoms with van der Waals surface area (Å²) >= 11 is 0. The van der Waals surface area contributed by atoms with E-state index in [9.17, 15) is 5.11 Å². The molecule has 0 aromatic carbocycles. The van der Waals surface area contributed by atoms with Crippen molar-refractivity contribution in [1.29, 1.82) is 0 Å². The molecule has 1 fully saturated rings. The number of nitrogens with one attached hydrogen (secondary N) is 1. The molecule has 1 aromatic rings. The molecule has 0 aliphatic heterocycles. The summed E-state index contributed by atoms with van der Waals surface area (Å²) in [7, 11) is 0. The molecule has 0 amide bonds. The van der Waals surface area contributed by atoms with E-state index in [0.717, 1.165) is 19.3 Å². The highest BCUT2D eigenvalue weighted by molar-refractivity contribution is 5.33. The number of ether oxygens (including phenoxy) is 1. The number of hydrogen-bond acceptors (Lipinski definition) is 7. The molecule has 4 N–H and O–H groups in total. The van der Waals surface area contributed by atoms with Gasteiger partial charge in [-0.3, -0.25) is 0 Å². The summed E-state index contributed by atoms with van der Waals surface area (Å²) in [6.45, 7) is 4.17. The zero-order valence-corrected chi connectivity index (χ0v) is 10.7. The lowest BCUT2D eigenvalue weighted by Gasteiger charge is -2.36. The summed E-state index contributed by atoms with van der Waals surface area (Å²) in [6.07, 6.45) is 2.63. The number of aromatic nitrogens is 3. The molecule has 1 saturated carbocycles. The molecule has 100 valence electrons. The van der Waals surface area contributed by atoms with E-state index in [1.165, 1.54) is 0 Å². The third-order valence-electron chi connectivity index (χ3n) is 2.83. The molecule has 1 heterocycles. The Morgan fingerprint density at radius 2 is 2.11 bits per heavy atom. The first kappa shape index (κ1) is 12.8. The van der Waals surface area contributed by atoms with Gasteiger partial charge in [0.1, 0.15) is 0 Å². The molecule has 1 aliphatic carbocycles. The van der Waals surface area contributed by atoms with Gasteiger partial charge in [-0.2, -0.15) is 15.0 Å². The average molecular weight is 253 g/mol. The molecular weight excluding hydrogens is 234 g/mol. The van der Waals surface area contributed by atoms with Crippen LogP contribution in [0.15, 0.2) is 0 Å². The van der Waals surface area contributed by atoms with Crippen molar-refractivity contribution in [2.45, 2.75) is 44.8 Å². The van der Waals surface area contributed by atoms with Crippen LogP contribution in [0.5, 0.6) is 6.01 Å². The number of nitrogen functional groups attached to an aromatic ring is 1. The minimum absolute atomic E-state index is 0.0320. The van der Waals surface area contributed by atoms with E-state index in [-0.39, 0.29) is 18.1 Å². The Balaban J connectivity index is 2.00. The SMILES string of the molecule is CC(C)Oc1nc(N)nc(NCC2(O)CCC2)n1. The molecule has 7 heteroatoms. The Labute approximate surface area is 106 Å². The molecule has 0 unspecified atom stereocenters. The zero-order valence-electron chi connectivity index (χ0n) is 10.7. The van der Waals surface area contributed by atoms with Gasteiger partial charge in [-0.15, -0.1) is 0 Å². The molecule has 0 radical (unpaired) electrons. The first-order valence-corrected chi connectivity index (χ1v) is 6.11. The molecular formula is C11H19N5O2. The van der Waals surface area contributed by atoms with Gasteiger partial charge < -0.3 is 20.9 Å². The van der Waals surface area contributed by atoms with Gasteiger partial charge in [-0.25, -0.2) is 0 Å². The fourth-order valence-corrected chi connectivity index (χ4v) is 1.72. The van der Waals surface area contributed by atoms with Crippen molar-refractivity contribution in [3.8, 4) is 6.01 Å². The summed E-state index contributed by atoms with van der Waals surface area (Å²) in [6, 6.07) is 0.195. The molecule has 0 saturated heterocycles. The van der Waals surface area contributed by atoms with Gasteiger partial charge in [-0.05, 0) is 33.1 Å². The normalized spacial score (nSPS) is 17.3. The number of rotatable bonds is 5. The van der Waals surface area contributed by atoms with Crippen LogP contribution in [0.1, 0.15) is 33.1 Å². The van der Waals surface area contributed by atoms with Crippen LogP contribution in [0.4, 0.5) is 11.9 Å². The smallest absolute Gasteiger partial charge is 0.323 e. The van der Waals surface area contributed by atoms with E-state index in [2.05, 4.69) is 20.3 Å². The van der Waals surface area contributed by atoms with Crippen LogP contribution in [0.3, 0.4) is 0 Å². The van der Waals surface area contributed by atoms with Crippen LogP contribution < -0.4 is 15.8 Å². The number of aliphatic hydroxyl groups is 1. The minimum atomic E-state index is -0.638. The maximum atomic E-state index is 9.96. The van der Waals surface area contributed by atoms with E-state index in [0.29, 0.717) is 12.5 Å². The van der Waals surface area contributed by atoms with Gasteiger partial charge in [0.05, 0.1) is 11.7 Å². The predicted octanol–water partition coefficient (Wildman–Crippen LogP) is 0.568. The van der Waals surface area contributed by atoms with E-state index in [1.807, 2.05) is 13.8 Å². The summed E-state index contributed by atoms with van der Waals surface area (Å²) in [5.41, 5.74) is 4.94. The van der Waals surface area contributed by atoms with Crippen molar-refractivity contribution in [2.24, 2.45) is 0 Å². The number of anilines is 2. The van der Waals surface area contributed by atoms with Crippen molar-refractivity contribution in [2.75, 3.05) is 17.6 Å². The predicted molar refractivity (Wildman–Crippen MR) is 67.3 cm³/mol. The van der Waals surface area contributed by atoms with Crippen LogP contribution in [0.25, 0.3) is 0 Å². The number of hydrogen-bond donors (Lipinski definition) is 3. The number of nitrogens with two attached hydrogens (primary N) is 1. The fourth-order valence-electron chi connectivity index (χ4n) is 1.72. The molecule has 1 aromatic heterocycles. The van der Waals surface area contributed by atoms with Crippen LogP contribution in [-0.2, 0) is 0 Å². The van der Waals surface area contributed by atoms with Gasteiger partial charge in [0.2, 0.25) is 11.9 Å². The van der Waals surface area contributed by atoms with Gasteiger partial charge in [-0.1, -0.05) is 0 Å². The Bertz CT molecular complexity index is 420. The minimum Gasteiger partial charge on any atom is -0.461 e. The highest BCUT2D eigenvalue weighted by Gasteiger charge is 2.34. The highest BCUT2D eigenvalue weighted by Crippen LogP contribution is 2.31. The van der Waals surface area contributed by atoms with Crippen molar-refractivity contribution in [1.82, 2.24) is 15.0 Å². The average Bonchev–Trinajstić information content (AvgIpc) is 2.22. The topological polar surface area (TPSA) is 106 Å². The third-order valence-corrected chi connectivity index (χ3v) is 2.83. The van der Waals surface area contributed by atoms with Gasteiger partial charge >= 0.3 is 6.01 Å². The summed E-state index contributed by atoms with van der Waals surface area (Å²) in [4.78, 5) is 11.9. The largest absolute Gasteiger partial charge is 0.461 e. The molecule has 2 rings (SSSR count). The summed E-state index contributed by atoms with van der Waals surface area (Å²) in [5, 5.41) is 12.9. The lowest BCUT2D eigenvalue weighted by Crippen LogP contribution is -2.43. The Kier molecular flexibility index (Phi) is 3.51. The lowest BCUT2D eigenvalue weighted by molar-refractivity contribution is -0.0203. The number of nitrogens with zero attached hydrogens (tertiary/aromatic N) is 3. The Hall–Kier alpha value is -1.63. The highest BCUT2D eigenvalue weighted by atomic mass is 16.5. The maximum Gasteiger partial charge on any atom is 0.323 e. The second-order valence-corrected chi connectivity index (χ2v) is 4.90. The first-order valence-electron chi connectivity index (χ1n) is 6.11. The first-order chi connectivity index (χ1) is 8.47. The van der Waals surface area contributed by atoms with Crippen LogP contribution in [0, 0.1) is 0 Å². The van der Waals surface area contributed by atoms with E-state index in [1.54, 1.807) is 0 Å². The second-order valence-electron chi connectivity index (χ2n) is 4.90. The molecule has 18 heavy (non-hydrogen) atoms. The van der Waals surface area contributed by atoms with Crippen molar-refractivity contribution < 1.29 is 9.84 Å². The fraction of sp³-hybridized carbons (Fsp3) is 0.727. The van der Waals surface area contributed by atoms with Gasteiger partial charge in [0.15, 0.2) is 0 Å². The van der Waals surface area contributed by atoms with Crippen molar-refractivity contribution >= 4 is 11.9 Å². The van der Waals surface area contributed by atoms with Gasteiger partial charge in [0.25, 0.3) is 0 Å². The molecule has 0 spiro atoms. The van der Waals surface area contributed by atoms with Crippen LogP contribution >= 0.6 is 0 Å². The standard InChI is InChI=1S/C11H19N5O2/c1-7(2)18-10-15-8(12)14-9(16-10)13-6-11(17)4-3-5-11/h7,17H,3-6H2,1-2H3,(H3,12,13,14,15,16). The van der Waals surface area contributed by atoms with Crippen LogP contribution in [0.2, 0.25) is 0 Å². The summed E-state index contributed by atoms with van der Waals surface area (Å²) < 4.78 is 5.36. The molecule has 1 aliphatic rings. The lowest BCUT2D eigenvalue weighted by atomic mass is 9.80. The Morgan fingerprint density at radius 1 is 1.39 bits per heavy atom. The second kappa shape index (κ2) is 4.93. The van der Waals surface area contributed by atoms with Crippen molar-refractivity contribution in [3.63, 3.8) is 0 Å². The molecule has 0 atom stereocenters. The van der Waals surface area contributed by atoms with Crippen LogP contribution in [-0.4, -0.2) is 38.3 Å². The third kappa shape index (κ3) is 3.19. The van der Waals surface area contributed by atoms with E-state index >= 15 is 0 Å². The van der Waals surface area contributed by atoms with E-state index < -0.39 is 5.60 Å². The summed E-state index contributed by atoms with van der Waals surface area (Å²) in [5.74, 6) is 0.433. The van der Waals surface area contributed by atoms with Crippen molar-refractivity contribution in [3.05, 3.63) is 0 Å².